The van der Waals surface area contributed by atoms with Gasteiger partial charge in [-0.2, -0.15) is 0 Å². The Morgan fingerprint density at radius 1 is 1.24 bits per heavy atom. The molecule has 0 aliphatic carbocycles. The smallest absolute Gasteiger partial charge is 0.313 e. The first-order valence-electron chi connectivity index (χ1n) is 7.14. The zero-order chi connectivity index (χ0) is 15.6. The predicted octanol–water partition coefficient (Wildman–Crippen LogP) is 2.35. The second-order valence-electron chi connectivity index (χ2n) is 6.07. The number of carbonyl (C=O) groups is 2. The number of hydrogen-bond acceptors (Lipinski definition) is 3. The summed E-state index contributed by atoms with van der Waals surface area (Å²) in [7, 11) is 0. The number of anilines is 1. The molecule has 0 spiro atoms. The second-order valence-corrected chi connectivity index (χ2v) is 6.07. The molecule has 1 fully saturated rings. The van der Waals surface area contributed by atoms with Gasteiger partial charge in [0.15, 0.2) is 0 Å². The van der Waals surface area contributed by atoms with Crippen LogP contribution in [0.4, 0.5) is 5.69 Å². The molecule has 1 aliphatic rings. The Morgan fingerprint density at radius 2 is 1.90 bits per heavy atom. The average Bonchev–Trinajstić information content (AvgIpc) is 2.47. The maximum absolute atomic E-state index is 11.5. The Hall–Kier alpha value is -2.04. The number of hydrogen-bond donors (Lipinski definition) is 2. The number of rotatable bonds is 4. The number of nitrogens with zero attached hydrogens (tertiary/aromatic N) is 1. The van der Waals surface area contributed by atoms with Crippen molar-refractivity contribution in [2.45, 2.75) is 32.1 Å². The first kappa shape index (κ1) is 15.4. The lowest BCUT2D eigenvalue weighted by Gasteiger charge is -2.36. The maximum Gasteiger partial charge on any atom is 0.313 e. The van der Waals surface area contributed by atoms with Gasteiger partial charge in [-0.3, -0.25) is 9.59 Å². The minimum Gasteiger partial charge on any atom is -0.481 e. The van der Waals surface area contributed by atoms with E-state index in [0.717, 1.165) is 24.2 Å². The summed E-state index contributed by atoms with van der Waals surface area (Å²) < 4.78 is 0. The fourth-order valence-corrected chi connectivity index (χ4v) is 2.79. The summed E-state index contributed by atoms with van der Waals surface area (Å²) in [5, 5.41) is 18.6. The molecule has 1 aromatic carbocycles. The molecule has 21 heavy (non-hydrogen) atoms. The van der Waals surface area contributed by atoms with E-state index >= 15 is 0 Å². The molecule has 0 amide bonds. The lowest BCUT2D eigenvalue weighted by molar-refractivity contribution is -0.143. The average molecular weight is 291 g/mol. The number of piperidine rings is 1. The van der Waals surface area contributed by atoms with Crippen molar-refractivity contribution in [1.82, 2.24) is 0 Å². The highest BCUT2D eigenvalue weighted by Gasteiger charge is 2.34. The van der Waals surface area contributed by atoms with E-state index in [9.17, 15) is 19.8 Å². The molecule has 1 heterocycles. The zero-order valence-electron chi connectivity index (χ0n) is 12.4. The minimum atomic E-state index is -1.01. The van der Waals surface area contributed by atoms with Crippen molar-refractivity contribution < 1.29 is 19.8 Å². The fourth-order valence-electron chi connectivity index (χ4n) is 2.79. The van der Waals surface area contributed by atoms with Gasteiger partial charge in [0, 0.05) is 18.8 Å². The predicted molar refractivity (Wildman–Crippen MR) is 79.7 cm³/mol. The summed E-state index contributed by atoms with van der Waals surface area (Å²) in [5.41, 5.74) is 0.548. The number of para-hydroxylation sites is 1. The summed E-state index contributed by atoms with van der Waals surface area (Å²) in [5.74, 6) is -2.06. The lowest BCUT2D eigenvalue weighted by atomic mass is 9.83. The third-order valence-corrected chi connectivity index (χ3v) is 4.22. The van der Waals surface area contributed by atoms with E-state index in [4.69, 9.17) is 0 Å². The Kier molecular flexibility index (Phi) is 4.21. The van der Waals surface area contributed by atoms with E-state index in [0.29, 0.717) is 13.0 Å². The summed E-state index contributed by atoms with van der Waals surface area (Å²) in [6, 6.07) is 7.38. The summed E-state index contributed by atoms with van der Waals surface area (Å²) in [4.78, 5) is 24.7. The fraction of sp³-hybridized carbons (Fsp3) is 0.500. The first-order chi connectivity index (χ1) is 9.84. The monoisotopic (exact) mass is 291 g/mol. The van der Waals surface area contributed by atoms with Gasteiger partial charge in [0.25, 0.3) is 0 Å². The van der Waals surface area contributed by atoms with Gasteiger partial charge in [-0.15, -0.1) is 0 Å². The van der Waals surface area contributed by atoms with Crippen molar-refractivity contribution in [2.24, 2.45) is 5.92 Å². The molecule has 1 unspecified atom stereocenters. The molecule has 0 radical (unpaired) electrons. The molecule has 5 heteroatoms. The number of aliphatic carboxylic acids is 2. The van der Waals surface area contributed by atoms with Crippen molar-refractivity contribution in [3.63, 3.8) is 0 Å². The SMILES string of the molecule is CC(C)(C(=O)O)c1ccccc1N1CCCC(C(=O)O)C1. The van der Waals surface area contributed by atoms with Crippen molar-refractivity contribution in [3.8, 4) is 0 Å². The zero-order valence-corrected chi connectivity index (χ0v) is 12.4. The van der Waals surface area contributed by atoms with Crippen LogP contribution in [0.15, 0.2) is 24.3 Å². The van der Waals surface area contributed by atoms with Gasteiger partial charge in [-0.1, -0.05) is 18.2 Å². The Morgan fingerprint density at radius 3 is 2.52 bits per heavy atom. The van der Waals surface area contributed by atoms with E-state index in [-0.39, 0.29) is 5.92 Å². The van der Waals surface area contributed by atoms with E-state index in [1.165, 1.54) is 0 Å². The molecule has 1 atom stereocenters. The lowest BCUT2D eigenvalue weighted by Crippen LogP contribution is -2.40. The number of carboxylic acid groups (broad SMARTS) is 2. The van der Waals surface area contributed by atoms with Crippen LogP contribution < -0.4 is 4.90 Å². The molecule has 5 nitrogen and oxygen atoms in total. The van der Waals surface area contributed by atoms with Crippen LogP contribution in [-0.2, 0) is 15.0 Å². The largest absolute Gasteiger partial charge is 0.481 e. The van der Waals surface area contributed by atoms with E-state index in [1.54, 1.807) is 13.8 Å². The highest BCUT2D eigenvalue weighted by molar-refractivity contribution is 5.83. The molecule has 1 saturated heterocycles. The molecular weight excluding hydrogens is 270 g/mol. The van der Waals surface area contributed by atoms with Crippen LogP contribution in [0.3, 0.4) is 0 Å². The Labute approximate surface area is 124 Å². The standard InChI is InChI=1S/C16H21NO4/c1-16(2,15(20)21)12-7-3-4-8-13(12)17-9-5-6-11(10-17)14(18)19/h3-4,7-8,11H,5-6,9-10H2,1-2H3,(H,18,19)(H,20,21). The molecule has 1 aromatic rings. The Bertz CT molecular complexity index is 553. The third-order valence-electron chi connectivity index (χ3n) is 4.22. The van der Waals surface area contributed by atoms with Gasteiger partial charge in [0.05, 0.1) is 11.3 Å². The summed E-state index contributed by atoms with van der Waals surface area (Å²) in [6.07, 6.45) is 1.48. The minimum absolute atomic E-state index is 0.389. The van der Waals surface area contributed by atoms with Crippen LogP contribution in [0, 0.1) is 5.92 Å². The van der Waals surface area contributed by atoms with Gasteiger partial charge in [-0.25, -0.2) is 0 Å². The van der Waals surface area contributed by atoms with Gasteiger partial charge in [0.1, 0.15) is 0 Å². The van der Waals surface area contributed by atoms with Crippen molar-refractivity contribution >= 4 is 17.6 Å². The van der Waals surface area contributed by atoms with Crippen LogP contribution in [0.2, 0.25) is 0 Å². The van der Waals surface area contributed by atoms with Gasteiger partial charge in [-0.05, 0) is 38.3 Å². The Balaban J connectivity index is 2.36. The summed E-state index contributed by atoms with van der Waals surface area (Å²) in [6.45, 7) is 4.54. The van der Waals surface area contributed by atoms with E-state index in [2.05, 4.69) is 0 Å². The highest BCUT2D eigenvalue weighted by atomic mass is 16.4. The summed E-state index contributed by atoms with van der Waals surface area (Å²) >= 11 is 0. The topological polar surface area (TPSA) is 77.8 Å². The molecule has 1 aliphatic heterocycles. The number of carboxylic acids is 2. The normalized spacial score (nSPS) is 19.3. The van der Waals surface area contributed by atoms with Crippen molar-refractivity contribution in [3.05, 3.63) is 29.8 Å². The molecular formula is C16H21NO4. The number of benzene rings is 1. The van der Waals surface area contributed by atoms with Crippen LogP contribution >= 0.6 is 0 Å². The van der Waals surface area contributed by atoms with Crippen LogP contribution in [-0.4, -0.2) is 35.2 Å². The molecule has 0 bridgehead atoms. The van der Waals surface area contributed by atoms with Gasteiger partial charge < -0.3 is 15.1 Å². The third kappa shape index (κ3) is 3.01. The molecule has 0 saturated carbocycles. The molecule has 2 rings (SSSR count). The molecule has 114 valence electrons. The maximum atomic E-state index is 11.5. The molecule has 2 N–H and O–H groups in total. The highest BCUT2D eigenvalue weighted by Crippen LogP contribution is 2.34. The van der Waals surface area contributed by atoms with Gasteiger partial charge >= 0.3 is 11.9 Å². The van der Waals surface area contributed by atoms with Crippen molar-refractivity contribution in [2.75, 3.05) is 18.0 Å². The second kappa shape index (κ2) is 5.76. The quantitative estimate of drug-likeness (QED) is 0.890. The van der Waals surface area contributed by atoms with Crippen molar-refractivity contribution in [1.29, 1.82) is 0 Å². The first-order valence-corrected chi connectivity index (χ1v) is 7.14. The molecule has 0 aromatic heterocycles. The van der Waals surface area contributed by atoms with Crippen LogP contribution in [0.25, 0.3) is 0 Å². The van der Waals surface area contributed by atoms with E-state index < -0.39 is 17.4 Å². The van der Waals surface area contributed by atoms with Crippen LogP contribution in [0.5, 0.6) is 0 Å². The van der Waals surface area contributed by atoms with E-state index in [1.807, 2.05) is 29.2 Å². The van der Waals surface area contributed by atoms with Gasteiger partial charge in [0.2, 0.25) is 0 Å². The van der Waals surface area contributed by atoms with Crippen LogP contribution in [0.1, 0.15) is 32.3 Å².